The fraction of sp³-hybridized carbons (Fsp3) is 0.684. The smallest absolute Gasteiger partial charge is 0.227 e. The van der Waals surface area contributed by atoms with E-state index in [2.05, 4.69) is 20.1 Å². The number of hydrogen-bond donors (Lipinski definition) is 1. The standard InChI is InChI=1S/C19H29N5O3S/c1-23(7-6-16-9-21-22-10-16)12-17-11-20-19(28(25,26)14-15-4-5-15)24(17)13-18-3-2-8-27-18/h9-11,15,18H,2-8,12-14H2,1H3,(H,21,22). The van der Waals surface area contributed by atoms with Gasteiger partial charge in [-0.3, -0.25) is 5.10 Å². The van der Waals surface area contributed by atoms with E-state index in [-0.39, 0.29) is 17.0 Å². The summed E-state index contributed by atoms with van der Waals surface area (Å²) in [5, 5.41) is 7.02. The summed E-state index contributed by atoms with van der Waals surface area (Å²) in [6.45, 7) is 2.82. The number of nitrogens with one attached hydrogen (secondary N) is 1. The first-order chi connectivity index (χ1) is 13.5. The SMILES string of the molecule is CN(CCc1cn[nH]c1)Cc1cnc(S(=O)(=O)CC2CC2)n1CC1CCCO1. The Labute approximate surface area is 166 Å². The molecule has 1 aliphatic carbocycles. The second-order valence-corrected chi connectivity index (χ2v) is 10.0. The van der Waals surface area contributed by atoms with Gasteiger partial charge in [0.25, 0.3) is 0 Å². The average molecular weight is 408 g/mol. The Morgan fingerprint density at radius 3 is 2.86 bits per heavy atom. The van der Waals surface area contributed by atoms with Gasteiger partial charge in [-0.25, -0.2) is 13.4 Å². The van der Waals surface area contributed by atoms with Crippen LogP contribution < -0.4 is 0 Å². The van der Waals surface area contributed by atoms with Crippen molar-refractivity contribution in [2.75, 3.05) is 26.0 Å². The number of sulfone groups is 1. The minimum atomic E-state index is -3.37. The number of hydrogen-bond acceptors (Lipinski definition) is 6. The van der Waals surface area contributed by atoms with Crippen LogP contribution in [0.15, 0.2) is 23.7 Å². The Balaban J connectivity index is 1.49. The highest BCUT2D eigenvalue weighted by atomic mass is 32.2. The molecule has 1 aliphatic heterocycles. The zero-order valence-corrected chi connectivity index (χ0v) is 17.2. The van der Waals surface area contributed by atoms with E-state index in [1.807, 2.05) is 24.0 Å². The van der Waals surface area contributed by atoms with E-state index in [0.717, 1.165) is 56.5 Å². The summed E-state index contributed by atoms with van der Waals surface area (Å²) >= 11 is 0. The van der Waals surface area contributed by atoms with Crippen molar-refractivity contribution in [2.45, 2.75) is 56.5 Å². The lowest BCUT2D eigenvalue weighted by Crippen LogP contribution is -2.26. The highest BCUT2D eigenvalue weighted by Gasteiger charge is 2.33. The third-order valence-electron chi connectivity index (χ3n) is 5.51. The molecule has 8 nitrogen and oxygen atoms in total. The van der Waals surface area contributed by atoms with Gasteiger partial charge in [0.1, 0.15) is 0 Å². The van der Waals surface area contributed by atoms with Gasteiger partial charge in [-0.2, -0.15) is 5.10 Å². The number of rotatable bonds is 10. The Kier molecular flexibility index (Phi) is 5.84. The molecule has 2 aliphatic rings. The Bertz CT molecular complexity index is 868. The predicted molar refractivity (Wildman–Crippen MR) is 105 cm³/mol. The quantitative estimate of drug-likeness (QED) is 0.644. The Morgan fingerprint density at radius 1 is 1.32 bits per heavy atom. The van der Waals surface area contributed by atoms with Gasteiger partial charge >= 0.3 is 0 Å². The van der Waals surface area contributed by atoms with E-state index < -0.39 is 9.84 Å². The number of likely N-dealkylation sites (N-methyl/N-ethyl adjacent to an activating group) is 1. The normalized spacial score (nSPS) is 20.3. The van der Waals surface area contributed by atoms with Crippen LogP contribution in [0.2, 0.25) is 0 Å². The van der Waals surface area contributed by atoms with Gasteiger partial charge in [-0.05, 0) is 50.6 Å². The maximum Gasteiger partial charge on any atom is 0.227 e. The number of aromatic nitrogens is 4. The van der Waals surface area contributed by atoms with Crippen molar-refractivity contribution in [1.82, 2.24) is 24.6 Å². The molecule has 0 amide bonds. The monoisotopic (exact) mass is 407 g/mol. The number of nitrogens with zero attached hydrogens (tertiary/aromatic N) is 4. The zero-order valence-electron chi connectivity index (χ0n) is 16.4. The summed E-state index contributed by atoms with van der Waals surface area (Å²) in [4.78, 5) is 6.54. The fourth-order valence-corrected chi connectivity index (χ4v) is 5.56. The molecule has 0 radical (unpaired) electrons. The summed E-state index contributed by atoms with van der Waals surface area (Å²) in [6.07, 6.45) is 10.4. The first-order valence-corrected chi connectivity index (χ1v) is 11.7. The van der Waals surface area contributed by atoms with Crippen molar-refractivity contribution in [2.24, 2.45) is 5.92 Å². The molecule has 0 bridgehead atoms. The predicted octanol–water partition coefficient (Wildman–Crippen LogP) is 1.64. The minimum absolute atomic E-state index is 0.0686. The molecule has 154 valence electrons. The first kappa shape index (κ1) is 19.6. The van der Waals surface area contributed by atoms with Crippen LogP contribution >= 0.6 is 0 Å². The summed E-state index contributed by atoms with van der Waals surface area (Å²) in [5.74, 6) is 0.518. The van der Waals surface area contributed by atoms with Crippen LogP contribution in [-0.2, 0) is 34.1 Å². The lowest BCUT2D eigenvalue weighted by Gasteiger charge is -2.20. The average Bonchev–Trinajstić information content (AvgIpc) is 3.11. The van der Waals surface area contributed by atoms with Crippen LogP contribution in [0.3, 0.4) is 0 Å². The van der Waals surface area contributed by atoms with E-state index in [0.29, 0.717) is 19.0 Å². The lowest BCUT2D eigenvalue weighted by molar-refractivity contribution is 0.0934. The molecule has 0 spiro atoms. The van der Waals surface area contributed by atoms with Crippen molar-refractivity contribution < 1.29 is 13.2 Å². The van der Waals surface area contributed by atoms with Crippen molar-refractivity contribution >= 4 is 9.84 Å². The Hall–Kier alpha value is -1.71. The van der Waals surface area contributed by atoms with Gasteiger partial charge < -0.3 is 14.2 Å². The highest BCUT2D eigenvalue weighted by molar-refractivity contribution is 7.91. The van der Waals surface area contributed by atoms with Crippen molar-refractivity contribution in [3.05, 3.63) is 29.8 Å². The molecule has 28 heavy (non-hydrogen) atoms. The second-order valence-electron chi connectivity index (χ2n) is 8.10. The molecule has 2 fully saturated rings. The topological polar surface area (TPSA) is 93.1 Å². The molecule has 3 heterocycles. The number of imidazole rings is 1. The van der Waals surface area contributed by atoms with Gasteiger partial charge in [0.15, 0.2) is 0 Å². The number of ether oxygens (including phenoxy) is 1. The second kappa shape index (κ2) is 8.34. The van der Waals surface area contributed by atoms with Crippen molar-refractivity contribution in [1.29, 1.82) is 0 Å². The third kappa shape index (κ3) is 4.82. The summed E-state index contributed by atoms with van der Waals surface area (Å²) in [5.41, 5.74) is 2.09. The Morgan fingerprint density at radius 2 is 2.18 bits per heavy atom. The molecule has 1 atom stereocenters. The van der Waals surface area contributed by atoms with Crippen LogP contribution in [0.4, 0.5) is 0 Å². The van der Waals surface area contributed by atoms with Crippen LogP contribution in [0.25, 0.3) is 0 Å². The number of aromatic amines is 1. The van der Waals surface area contributed by atoms with Crippen molar-refractivity contribution in [3.8, 4) is 0 Å². The number of H-pyrrole nitrogens is 1. The van der Waals surface area contributed by atoms with E-state index in [4.69, 9.17) is 4.74 Å². The van der Waals surface area contributed by atoms with Gasteiger partial charge in [-0.1, -0.05) is 0 Å². The summed E-state index contributed by atoms with van der Waals surface area (Å²) in [7, 11) is -1.32. The first-order valence-electron chi connectivity index (χ1n) is 10.1. The highest BCUT2D eigenvalue weighted by Crippen LogP contribution is 2.32. The zero-order chi connectivity index (χ0) is 19.6. The fourth-order valence-electron chi connectivity index (χ4n) is 3.71. The van der Waals surface area contributed by atoms with Gasteiger partial charge in [-0.15, -0.1) is 0 Å². The van der Waals surface area contributed by atoms with Gasteiger partial charge in [0.05, 0.1) is 36.5 Å². The largest absolute Gasteiger partial charge is 0.376 e. The van der Waals surface area contributed by atoms with E-state index in [1.165, 1.54) is 0 Å². The minimum Gasteiger partial charge on any atom is -0.376 e. The summed E-state index contributed by atoms with van der Waals surface area (Å²) < 4.78 is 33.5. The van der Waals surface area contributed by atoms with Crippen molar-refractivity contribution in [3.63, 3.8) is 0 Å². The molecular formula is C19H29N5O3S. The molecule has 1 N–H and O–H groups in total. The molecule has 2 aromatic heterocycles. The molecule has 1 saturated carbocycles. The van der Waals surface area contributed by atoms with Gasteiger partial charge in [0.2, 0.25) is 15.0 Å². The lowest BCUT2D eigenvalue weighted by atomic mass is 10.2. The third-order valence-corrected chi connectivity index (χ3v) is 7.30. The molecule has 1 saturated heterocycles. The van der Waals surface area contributed by atoms with E-state index in [1.54, 1.807) is 6.20 Å². The molecule has 0 aromatic carbocycles. The molecule has 4 rings (SSSR count). The van der Waals surface area contributed by atoms with Gasteiger partial charge in [0, 0.05) is 25.9 Å². The van der Waals surface area contributed by atoms with E-state index in [9.17, 15) is 8.42 Å². The molecule has 1 unspecified atom stereocenters. The van der Waals surface area contributed by atoms with Crippen LogP contribution in [0.5, 0.6) is 0 Å². The molecule has 2 aromatic rings. The van der Waals surface area contributed by atoms with E-state index >= 15 is 0 Å². The van der Waals surface area contributed by atoms with Crippen LogP contribution in [0, 0.1) is 5.92 Å². The van der Waals surface area contributed by atoms with Crippen LogP contribution in [0.1, 0.15) is 36.9 Å². The summed E-state index contributed by atoms with van der Waals surface area (Å²) in [6, 6.07) is 0. The molecular weight excluding hydrogens is 378 g/mol. The van der Waals surface area contributed by atoms with Crippen LogP contribution in [-0.4, -0.2) is 65.1 Å². The maximum absolute atomic E-state index is 12.9. The maximum atomic E-state index is 12.9. The molecule has 9 heteroatoms.